The summed E-state index contributed by atoms with van der Waals surface area (Å²) in [6.45, 7) is 0.956. The van der Waals surface area contributed by atoms with Crippen LogP contribution in [0.3, 0.4) is 0 Å². The van der Waals surface area contributed by atoms with Crippen molar-refractivity contribution in [2.75, 3.05) is 13.2 Å². The molecule has 0 aliphatic carbocycles. The molecule has 0 saturated carbocycles. The van der Waals surface area contributed by atoms with Crippen molar-refractivity contribution in [2.45, 2.75) is 0 Å². The summed E-state index contributed by atoms with van der Waals surface area (Å²) in [5, 5.41) is 9.54. The summed E-state index contributed by atoms with van der Waals surface area (Å²) in [5.41, 5.74) is 3.70. The first-order valence-corrected chi connectivity index (χ1v) is 7.74. The van der Waals surface area contributed by atoms with Crippen LogP contribution in [0.25, 0.3) is 27.8 Å². The average Bonchev–Trinajstić information content (AvgIpc) is 3.02. The zero-order valence-electron chi connectivity index (χ0n) is 12.3. The van der Waals surface area contributed by atoms with Crippen LogP contribution in [0.1, 0.15) is 0 Å². The predicted molar refractivity (Wildman–Crippen MR) is 88.0 cm³/mol. The Labute approximate surface area is 140 Å². The monoisotopic (exact) mass is 339 g/mol. The molecule has 1 aliphatic heterocycles. The van der Waals surface area contributed by atoms with Gasteiger partial charge in [0.05, 0.1) is 16.7 Å². The van der Waals surface area contributed by atoms with Gasteiger partial charge in [-0.2, -0.15) is 4.80 Å². The Hall–Kier alpha value is -2.93. The smallest absolute Gasteiger partial charge is 0.278 e. The summed E-state index contributed by atoms with van der Waals surface area (Å²) >= 11 is 6.00. The van der Waals surface area contributed by atoms with Crippen LogP contribution in [-0.4, -0.2) is 38.2 Å². The fourth-order valence-corrected chi connectivity index (χ4v) is 2.77. The minimum Gasteiger partial charge on any atom is -0.470 e. The first-order valence-electron chi connectivity index (χ1n) is 7.37. The van der Waals surface area contributed by atoms with Gasteiger partial charge in [-0.3, -0.25) is 0 Å². The lowest BCUT2D eigenvalue weighted by atomic mass is 10.2. The van der Waals surface area contributed by atoms with Crippen LogP contribution < -0.4 is 9.47 Å². The highest BCUT2D eigenvalue weighted by molar-refractivity contribution is 6.31. The molecule has 0 amide bonds. The molecule has 0 bridgehead atoms. The van der Waals surface area contributed by atoms with Crippen LogP contribution in [-0.2, 0) is 0 Å². The number of benzene rings is 2. The number of aromatic nitrogens is 5. The SMILES string of the molecule is Clc1ccc2nn(-c3ccc4nc5c(nc4c3)OCCO5)nc2c1. The van der Waals surface area contributed by atoms with E-state index in [4.69, 9.17) is 21.1 Å². The Morgan fingerprint density at radius 2 is 1.50 bits per heavy atom. The minimum atomic E-state index is 0.413. The highest BCUT2D eigenvalue weighted by atomic mass is 35.5. The van der Waals surface area contributed by atoms with E-state index in [-0.39, 0.29) is 0 Å². The summed E-state index contributed by atoms with van der Waals surface area (Å²) in [7, 11) is 0. The van der Waals surface area contributed by atoms with Crippen molar-refractivity contribution in [3.8, 4) is 17.4 Å². The van der Waals surface area contributed by atoms with Crippen molar-refractivity contribution >= 4 is 33.7 Å². The standard InChI is InChI=1S/C16H10ClN5O2/c17-9-1-3-12-14(7-9)21-22(20-12)10-2-4-11-13(8-10)19-16-15(18-11)23-5-6-24-16/h1-4,7-8H,5-6H2. The lowest BCUT2D eigenvalue weighted by molar-refractivity contribution is 0.158. The number of rotatable bonds is 1. The van der Waals surface area contributed by atoms with Crippen molar-refractivity contribution < 1.29 is 9.47 Å². The van der Waals surface area contributed by atoms with Gasteiger partial charge in [0.25, 0.3) is 11.8 Å². The number of halogens is 1. The van der Waals surface area contributed by atoms with Gasteiger partial charge in [-0.1, -0.05) is 11.6 Å². The van der Waals surface area contributed by atoms with Crippen LogP contribution in [0.15, 0.2) is 36.4 Å². The van der Waals surface area contributed by atoms with E-state index < -0.39 is 0 Å². The second-order valence-corrected chi connectivity index (χ2v) is 5.76. The highest BCUT2D eigenvalue weighted by Gasteiger charge is 2.16. The Balaban J connectivity index is 1.65. The third-order valence-corrected chi connectivity index (χ3v) is 3.96. The molecular formula is C16H10ClN5O2. The molecule has 0 spiro atoms. The summed E-state index contributed by atoms with van der Waals surface area (Å²) in [4.78, 5) is 10.5. The molecule has 2 aromatic heterocycles. The van der Waals surface area contributed by atoms with E-state index >= 15 is 0 Å². The third kappa shape index (κ3) is 2.13. The number of hydrogen-bond acceptors (Lipinski definition) is 6. The van der Waals surface area contributed by atoms with Crippen LogP contribution in [0.5, 0.6) is 11.8 Å². The number of ether oxygens (including phenoxy) is 2. The highest BCUT2D eigenvalue weighted by Crippen LogP contribution is 2.28. The molecule has 0 unspecified atom stereocenters. The molecule has 0 fully saturated rings. The molecular weight excluding hydrogens is 330 g/mol. The van der Waals surface area contributed by atoms with E-state index in [9.17, 15) is 0 Å². The number of fused-ring (bicyclic) bond motifs is 3. The molecule has 24 heavy (non-hydrogen) atoms. The maximum absolute atomic E-state index is 6.00. The molecule has 8 heteroatoms. The summed E-state index contributed by atoms with van der Waals surface area (Å²) in [5.74, 6) is 0.843. The zero-order chi connectivity index (χ0) is 16.1. The van der Waals surface area contributed by atoms with Crippen molar-refractivity contribution in [1.29, 1.82) is 0 Å². The van der Waals surface area contributed by atoms with Gasteiger partial charge in [0.2, 0.25) is 0 Å². The van der Waals surface area contributed by atoms with E-state index in [0.717, 1.165) is 22.2 Å². The Morgan fingerprint density at radius 3 is 2.33 bits per heavy atom. The molecule has 0 N–H and O–H groups in total. The second-order valence-electron chi connectivity index (χ2n) is 5.33. The maximum Gasteiger partial charge on any atom is 0.278 e. The van der Waals surface area contributed by atoms with E-state index in [1.807, 2.05) is 24.3 Å². The fraction of sp³-hybridized carbons (Fsp3) is 0.125. The van der Waals surface area contributed by atoms with E-state index in [0.29, 0.717) is 35.5 Å². The Morgan fingerprint density at radius 1 is 0.792 bits per heavy atom. The zero-order valence-corrected chi connectivity index (χ0v) is 13.1. The molecule has 3 heterocycles. The minimum absolute atomic E-state index is 0.413. The van der Waals surface area contributed by atoms with E-state index in [2.05, 4.69) is 20.2 Å². The third-order valence-electron chi connectivity index (χ3n) is 3.72. The van der Waals surface area contributed by atoms with Crippen LogP contribution >= 0.6 is 11.6 Å². The molecule has 4 aromatic rings. The van der Waals surface area contributed by atoms with Crippen molar-refractivity contribution in [3.05, 3.63) is 41.4 Å². The molecule has 2 aromatic carbocycles. The molecule has 0 radical (unpaired) electrons. The normalized spacial score (nSPS) is 13.5. The average molecular weight is 340 g/mol. The van der Waals surface area contributed by atoms with Gasteiger partial charge >= 0.3 is 0 Å². The van der Waals surface area contributed by atoms with Crippen LogP contribution in [0.2, 0.25) is 5.02 Å². The largest absolute Gasteiger partial charge is 0.470 e. The fourth-order valence-electron chi connectivity index (χ4n) is 2.60. The van der Waals surface area contributed by atoms with Gasteiger partial charge in [0.15, 0.2) is 0 Å². The molecule has 0 atom stereocenters. The van der Waals surface area contributed by atoms with Gasteiger partial charge in [0, 0.05) is 5.02 Å². The number of nitrogens with zero attached hydrogens (tertiary/aromatic N) is 5. The quantitative estimate of drug-likeness (QED) is 0.531. The van der Waals surface area contributed by atoms with Gasteiger partial charge in [-0.25, -0.2) is 9.97 Å². The van der Waals surface area contributed by atoms with Crippen molar-refractivity contribution in [1.82, 2.24) is 25.0 Å². The second kappa shape index (κ2) is 5.04. The van der Waals surface area contributed by atoms with Gasteiger partial charge < -0.3 is 9.47 Å². The Kier molecular flexibility index (Phi) is 2.83. The van der Waals surface area contributed by atoms with Gasteiger partial charge in [-0.15, -0.1) is 10.2 Å². The predicted octanol–water partition coefficient (Wildman–Crippen LogP) is 2.79. The maximum atomic E-state index is 6.00. The van der Waals surface area contributed by atoms with Crippen LogP contribution in [0.4, 0.5) is 0 Å². The summed E-state index contributed by atoms with van der Waals surface area (Å²) in [6.07, 6.45) is 0. The lowest BCUT2D eigenvalue weighted by Gasteiger charge is -2.16. The van der Waals surface area contributed by atoms with Gasteiger partial charge in [0.1, 0.15) is 24.2 Å². The van der Waals surface area contributed by atoms with E-state index in [1.54, 1.807) is 16.9 Å². The molecule has 5 rings (SSSR count). The topological polar surface area (TPSA) is 75.0 Å². The Bertz CT molecular complexity index is 1090. The van der Waals surface area contributed by atoms with Crippen molar-refractivity contribution in [3.63, 3.8) is 0 Å². The molecule has 1 aliphatic rings. The first kappa shape index (κ1) is 13.5. The molecule has 118 valence electrons. The lowest BCUT2D eigenvalue weighted by Crippen LogP contribution is -2.17. The summed E-state index contributed by atoms with van der Waals surface area (Å²) < 4.78 is 10.9. The summed E-state index contributed by atoms with van der Waals surface area (Å²) in [6, 6.07) is 11.0. The first-order chi connectivity index (χ1) is 11.8. The molecule has 7 nitrogen and oxygen atoms in total. The molecule has 0 saturated heterocycles. The van der Waals surface area contributed by atoms with Crippen LogP contribution in [0, 0.1) is 0 Å². The van der Waals surface area contributed by atoms with Gasteiger partial charge in [-0.05, 0) is 36.4 Å². The number of hydrogen-bond donors (Lipinski definition) is 0. The van der Waals surface area contributed by atoms with E-state index in [1.165, 1.54) is 0 Å². The van der Waals surface area contributed by atoms with Crippen molar-refractivity contribution in [2.24, 2.45) is 0 Å².